The summed E-state index contributed by atoms with van der Waals surface area (Å²) in [5, 5.41) is 5.65. The lowest BCUT2D eigenvalue weighted by Crippen LogP contribution is -2.34. The second-order valence-corrected chi connectivity index (χ2v) is 10.7. The number of carbonyl (C=O) groups is 2. The van der Waals surface area contributed by atoms with E-state index in [9.17, 15) is 9.59 Å². The Morgan fingerprint density at radius 2 is 1.86 bits per heavy atom. The van der Waals surface area contributed by atoms with Crippen molar-refractivity contribution in [3.05, 3.63) is 58.7 Å². The van der Waals surface area contributed by atoms with Crippen molar-refractivity contribution in [2.24, 2.45) is 0 Å². The number of anilines is 1. The van der Waals surface area contributed by atoms with Gasteiger partial charge in [0.15, 0.2) is 17.8 Å². The van der Waals surface area contributed by atoms with Gasteiger partial charge in [-0.15, -0.1) is 11.3 Å². The van der Waals surface area contributed by atoms with Gasteiger partial charge in [-0.05, 0) is 50.5 Å². The fourth-order valence-electron chi connectivity index (χ4n) is 4.59. The van der Waals surface area contributed by atoms with Gasteiger partial charge in [-0.25, -0.2) is 9.78 Å². The molecule has 4 aromatic rings. The lowest BCUT2D eigenvalue weighted by Gasteiger charge is -2.22. The molecule has 3 amide bonds. The molecule has 0 aliphatic carbocycles. The number of imide groups is 1. The minimum atomic E-state index is -0.703. The smallest absolute Gasteiger partial charge is 0.326 e. The molecule has 1 saturated heterocycles. The molecule has 0 radical (unpaired) electrons. The van der Waals surface area contributed by atoms with Crippen LogP contribution in [0, 0.1) is 6.92 Å². The van der Waals surface area contributed by atoms with Crippen LogP contribution in [0.25, 0.3) is 10.9 Å². The van der Waals surface area contributed by atoms with Gasteiger partial charge in [-0.2, -0.15) is 0 Å². The van der Waals surface area contributed by atoms with Crippen molar-refractivity contribution in [2.75, 3.05) is 39.4 Å². The zero-order valence-electron chi connectivity index (χ0n) is 24.7. The van der Waals surface area contributed by atoms with Crippen LogP contribution < -0.4 is 29.6 Å². The Morgan fingerprint density at radius 3 is 2.61 bits per heavy atom. The molecule has 13 heteroatoms. The molecule has 44 heavy (non-hydrogen) atoms. The van der Waals surface area contributed by atoms with Gasteiger partial charge in [0, 0.05) is 36.7 Å². The van der Waals surface area contributed by atoms with Crippen LogP contribution in [-0.2, 0) is 9.47 Å². The predicted octanol–water partition coefficient (Wildman–Crippen LogP) is 6.08. The number of aromatic nitrogens is 2. The van der Waals surface area contributed by atoms with Gasteiger partial charge < -0.3 is 33.7 Å². The third-order valence-corrected chi connectivity index (χ3v) is 7.73. The summed E-state index contributed by atoms with van der Waals surface area (Å²) in [6.07, 6.45) is 5.36. The SMILES string of the molecule is COc1cc(Oc2ccnc3cc(OCCCO[C@@H]4CCCCO4)c(OC)cc23)ccc1NC(=O)NC(=O)c1scnc1C. The van der Waals surface area contributed by atoms with E-state index in [0.717, 1.165) is 37.2 Å². The Hall–Kier alpha value is -4.46. The average molecular weight is 623 g/mol. The molecule has 1 aliphatic rings. The maximum atomic E-state index is 12.5. The van der Waals surface area contributed by atoms with Crippen molar-refractivity contribution in [2.45, 2.75) is 38.9 Å². The number of thiazole rings is 1. The molecular weight excluding hydrogens is 588 g/mol. The summed E-state index contributed by atoms with van der Waals surface area (Å²) >= 11 is 1.16. The van der Waals surface area contributed by atoms with Crippen LogP contribution in [0.1, 0.15) is 41.0 Å². The number of hydrogen-bond acceptors (Lipinski definition) is 11. The summed E-state index contributed by atoms with van der Waals surface area (Å²) in [6, 6.07) is 9.60. The standard InChI is InChI=1S/C31H34N4O8S/c1-19-29(44-18-33-19)30(36)35-31(37)34-22-9-8-20(15-25(22)38-2)43-24-10-11-32-23-17-27(26(39-3)16-21(23)24)40-13-6-14-42-28-7-4-5-12-41-28/h8-11,15-18,28H,4-7,12-14H2,1-3H3,(H2,34,35,36,37)/t28-/m1/s1. The highest BCUT2D eigenvalue weighted by Gasteiger charge is 2.18. The van der Waals surface area contributed by atoms with Crippen LogP contribution in [0.4, 0.5) is 10.5 Å². The van der Waals surface area contributed by atoms with E-state index in [1.54, 1.807) is 50.0 Å². The Kier molecular flexibility index (Phi) is 10.4. The number of fused-ring (bicyclic) bond motifs is 1. The third-order valence-electron chi connectivity index (χ3n) is 6.80. The number of ether oxygens (including phenoxy) is 6. The Morgan fingerprint density at radius 1 is 1.00 bits per heavy atom. The van der Waals surface area contributed by atoms with Crippen LogP contribution >= 0.6 is 11.3 Å². The monoisotopic (exact) mass is 622 g/mol. The van der Waals surface area contributed by atoms with E-state index in [-0.39, 0.29) is 6.29 Å². The number of nitrogens with zero attached hydrogens (tertiary/aromatic N) is 2. The topological polar surface area (TPSA) is 139 Å². The van der Waals surface area contributed by atoms with Gasteiger partial charge in [0.25, 0.3) is 5.91 Å². The average Bonchev–Trinajstić information content (AvgIpc) is 3.47. The second-order valence-electron chi connectivity index (χ2n) is 9.84. The Labute approximate surface area is 258 Å². The van der Waals surface area contributed by atoms with Crippen molar-refractivity contribution in [1.82, 2.24) is 15.3 Å². The van der Waals surface area contributed by atoms with Crippen molar-refractivity contribution < 1.29 is 38.0 Å². The molecule has 12 nitrogen and oxygen atoms in total. The number of hydrogen-bond donors (Lipinski definition) is 2. The van der Waals surface area contributed by atoms with Crippen LogP contribution in [0.2, 0.25) is 0 Å². The van der Waals surface area contributed by atoms with E-state index >= 15 is 0 Å². The number of pyridine rings is 1. The molecule has 1 fully saturated rings. The molecule has 3 heterocycles. The summed E-state index contributed by atoms with van der Waals surface area (Å²) < 4.78 is 34.7. The highest BCUT2D eigenvalue weighted by Crippen LogP contribution is 2.38. The first-order valence-electron chi connectivity index (χ1n) is 14.2. The first kappa shape index (κ1) is 31.0. The number of benzene rings is 2. The van der Waals surface area contributed by atoms with Crippen molar-refractivity contribution in [3.63, 3.8) is 0 Å². The fraction of sp³-hybridized carbons (Fsp3) is 0.355. The molecular formula is C31H34N4O8S. The molecule has 232 valence electrons. The quantitative estimate of drug-likeness (QED) is 0.179. The number of nitrogens with one attached hydrogen (secondary N) is 2. The first-order valence-corrected chi connectivity index (χ1v) is 15.0. The maximum absolute atomic E-state index is 12.5. The Balaban J connectivity index is 1.23. The first-order chi connectivity index (χ1) is 21.4. The summed E-state index contributed by atoms with van der Waals surface area (Å²) in [5.74, 6) is 1.90. The normalized spacial score (nSPS) is 14.6. The number of rotatable bonds is 12. The molecule has 5 rings (SSSR count). The fourth-order valence-corrected chi connectivity index (χ4v) is 5.28. The summed E-state index contributed by atoms with van der Waals surface area (Å²) in [5.41, 5.74) is 3.11. The molecule has 0 spiro atoms. The van der Waals surface area contributed by atoms with E-state index in [1.807, 2.05) is 12.1 Å². The third kappa shape index (κ3) is 7.73. The Bertz CT molecular complexity index is 1610. The minimum Gasteiger partial charge on any atom is -0.494 e. The largest absolute Gasteiger partial charge is 0.494 e. The van der Waals surface area contributed by atoms with Gasteiger partial charge in [-0.3, -0.25) is 15.1 Å². The van der Waals surface area contributed by atoms with Gasteiger partial charge in [0.05, 0.1) is 49.8 Å². The lowest BCUT2D eigenvalue weighted by molar-refractivity contribution is -0.163. The highest BCUT2D eigenvalue weighted by molar-refractivity contribution is 7.11. The molecule has 0 saturated carbocycles. The number of urea groups is 1. The molecule has 2 aromatic carbocycles. The number of methoxy groups -OCH3 is 2. The molecule has 0 unspecified atom stereocenters. The molecule has 1 aliphatic heterocycles. The molecule has 2 aromatic heterocycles. The van der Waals surface area contributed by atoms with Crippen LogP contribution in [0.5, 0.6) is 28.7 Å². The molecule has 1 atom stereocenters. The van der Waals surface area contributed by atoms with Crippen molar-refractivity contribution in [1.29, 1.82) is 0 Å². The van der Waals surface area contributed by atoms with Gasteiger partial charge in [0.1, 0.15) is 22.1 Å². The highest BCUT2D eigenvalue weighted by atomic mass is 32.1. The molecule has 0 bridgehead atoms. The summed E-state index contributed by atoms with van der Waals surface area (Å²) in [6.45, 7) is 3.44. The second kappa shape index (κ2) is 14.8. The van der Waals surface area contributed by atoms with Gasteiger partial charge >= 0.3 is 6.03 Å². The molecule has 2 N–H and O–H groups in total. The number of carbonyl (C=O) groups excluding carboxylic acids is 2. The van der Waals surface area contributed by atoms with E-state index < -0.39 is 11.9 Å². The number of aryl methyl sites for hydroxylation is 1. The van der Waals surface area contributed by atoms with E-state index in [2.05, 4.69) is 20.6 Å². The van der Waals surface area contributed by atoms with E-state index in [0.29, 0.717) is 75.5 Å². The summed E-state index contributed by atoms with van der Waals surface area (Å²) in [7, 11) is 3.05. The zero-order chi connectivity index (χ0) is 30.9. The summed E-state index contributed by atoms with van der Waals surface area (Å²) in [4.78, 5) is 33.7. The van der Waals surface area contributed by atoms with Gasteiger partial charge in [0.2, 0.25) is 0 Å². The zero-order valence-corrected chi connectivity index (χ0v) is 25.5. The van der Waals surface area contributed by atoms with Crippen LogP contribution in [-0.4, -0.2) is 62.2 Å². The van der Waals surface area contributed by atoms with E-state index in [1.165, 1.54) is 7.11 Å². The van der Waals surface area contributed by atoms with Crippen LogP contribution in [0.3, 0.4) is 0 Å². The minimum absolute atomic E-state index is 0.122. The van der Waals surface area contributed by atoms with Crippen LogP contribution in [0.15, 0.2) is 48.1 Å². The maximum Gasteiger partial charge on any atom is 0.326 e. The van der Waals surface area contributed by atoms with Crippen molar-refractivity contribution in [3.8, 4) is 28.7 Å². The predicted molar refractivity (Wildman–Crippen MR) is 164 cm³/mol. The van der Waals surface area contributed by atoms with Gasteiger partial charge in [-0.1, -0.05) is 0 Å². The lowest BCUT2D eigenvalue weighted by atomic mass is 10.1. The van der Waals surface area contributed by atoms with Crippen molar-refractivity contribution >= 4 is 39.9 Å². The number of amides is 3. The van der Waals surface area contributed by atoms with E-state index in [4.69, 9.17) is 28.4 Å².